The van der Waals surface area contributed by atoms with Gasteiger partial charge in [0.05, 0.1) is 0 Å². The van der Waals surface area contributed by atoms with E-state index in [1.54, 1.807) is 0 Å². The molecular formula is C15H20FNO3. The molecule has 1 aliphatic rings. The first-order valence-electron chi connectivity index (χ1n) is 6.97. The van der Waals surface area contributed by atoms with Crippen molar-refractivity contribution in [1.29, 1.82) is 0 Å². The van der Waals surface area contributed by atoms with E-state index >= 15 is 0 Å². The molecule has 0 spiro atoms. The van der Waals surface area contributed by atoms with Gasteiger partial charge in [0.15, 0.2) is 0 Å². The van der Waals surface area contributed by atoms with Crippen molar-refractivity contribution in [3.05, 3.63) is 29.6 Å². The molecule has 4 nitrogen and oxygen atoms in total. The lowest BCUT2D eigenvalue weighted by atomic mass is 10.0. The maximum absolute atomic E-state index is 13.4. The fourth-order valence-corrected chi connectivity index (χ4v) is 2.90. The lowest BCUT2D eigenvalue weighted by Gasteiger charge is -2.33. The van der Waals surface area contributed by atoms with E-state index < -0.39 is 17.8 Å². The van der Waals surface area contributed by atoms with Gasteiger partial charge >= 0.3 is 5.97 Å². The van der Waals surface area contributed by atoms with Crippen molar-refractivity contribution in [2.45, 2.75) is 44.7 Å². The summed E-state index contributed by atoms with van der Waals surface area (Å²) in [6, 6.07) is 2.89. The predicted octanol–water partition coefficient (Wildman–Crippen LogP) is 2.92. The van der Waals surface area contributed by atoms with Gasteiger partial charge in [0, 0.05) is 11.6 Å². The number of nitrogens with zero attached hydrogens (tertiary/aromatic N) is 1. The Hall–Kier alpha value is -1.62. The molecule has 2 rings (SSSR count). The van der Waals surface area contributed by atoms with Crippen molar-refractivity contribution in [1.82, 2.24) is 4.90 Å². The highest BCUT2D eigenvalue weighted by Crippen LogP contribution is 2.33. The van der Waals surface area contributed by atoms with Gasteiger partial charge in [0.25, 0.3) is 0 Å². The van der Waals surface area contributed by atoms with Crippen molar-refractivity contribution in [2.24, 2.45) is 0 Å². The minimum absolute atomic E-state index is 0.00675. The lowest BCUT2D eigenvalue weighted by Crippen LogP contribution is -2.42. The maximum atomic E-state index is 13.4. The summed E-state index contributed by atoms with van der Waals surface area (Å²) in [6.45, 7) is 2.46. The molecule has 0 radical (unpaired) electrons. The number of rotatable bonds is 3. The standard InChI is InChI=1S/C15H20FNO3/c1-10(12-9-11(16)6-7-14(12)18)17-8-4-2-3-5-13(17)15(19)20/h6-7,9-10,13,18H,2-5,8H2,1H3,(H,19,20). The van der Waals surface area contributed by atoms with Crippen LogP contribution < -0.4 is 0 Å². The van der Waals surface area contributed by atoms with Gasteiger partial charge < -0.3 is 10.2 Å². The number of hydrogen-bond donors (Lipinski definition) is 2. The van der Waals surface area contributed by atoms with Crippen molar-refractivity contribution in [3.63, 3.8) is 0 Å². The Balaban J connectivity index is 2.30. The van der Waals surface area contributed by atoms with Crippen LogP contribution in [0.25, 0.3) is 0 Å². The zero-order valence-electron chi connectivity index (χ0n) is 11.6. The number of likely N-dealkylation sites (tertiary alicyclic amines) is 1. The summed E-state index contributed by atoms with van der Waals surface area (Å²) in [4.78, 5) is 13.3. The van der Waals surface area contributed by atoms with E-state index in [0.29, 0.717) is 18.5 Å². The number of aromatic hydroxyl groups is 1. The molecule has 1 aromatic carbocycles. The number of carboxylic acids is 1. The van der Waals surface area contributed by atoms with Crippen molar-refractivity contribution >= 4 is 5.97 Å². The highest BCUT2D eigenvalue weighted by molar-refractivity contribution is 5.73. The van der Waals surface area contributed by atoms with Crippen LogP contribution in [0.2, 0.25) is 0 Å². The molecule has 1 aliphatic heterocycles. The number of benzene rings is 1. The third kappa shape index (κ3) is 3.10. The minimum atomic E-state index is -0.852. The zero-order valence-corrected chi connectivity index (χ0v) is 11.6. The van der Waals surface area contributed by atoms with Crippen LogP contribution in [0.3, 0.4) is 0 Å². The van der Waals surface area contributed by atoms with Gasteiger partial charge in [-0.25, -0.2) is 4.39 Å². The molecule has 110 valence electrons. The molecule has 0 aromatic heterocycles. The topological polar surface area (TPSA) is 60.8 Å². The van der Waals surface area contributed by atoms with Crippen LogP contribution in [-0.4, -0.2) is 33.7 Å². The van der Waals surface area contributed by atoms with E-state index in [4.69, 9.17) is 0 Å². The molecule has 1 saturated heterocycles. The molecule has 1 aromatic rings. The second-order valence-corrected chi connectivity index (χ2v) is 5.32. The average Bonchev–Trinajstić information content (AvgIpc) is 2.66. The molecule has 0 amide bonds. The molecular weight excluding hydrogens is 261 g/mol. The Bertz CT molecular complexity index is 492. The third-order valence-corrected chi connectivity index (χ3v) is 4.02. The Morgan fingerprint density at radius 1 is 1.40 bits per heavy atom. The summed E-state index contributed by atoms with van der Waals surface area (Å²) in [6.07, 6.45) is 3.40. The molecule has 20 heavy (non-hydrogen) atoms. The third-order valence-electron chi connectivity index (χ3n) is 4.02. The molecule has 2 unspecified atom stereocenters. The molecule has 2 atom stereocenters. The molecule has 0 aliphatic carbocycles. The normalized spacial score (nSPS) is 22.2. The highest BCUT2D eigenvalue weighted by Gasteiger charge is 2.32. The zero-order chi connectivity index (χ0) is 14.7. The summed E-state index contributed by atoms with van der Waals surface area (Å²) in [5.41, 5.74) is 0.443. The van der Waals surface area contributed by atoms with Crippen molar-refractivity contribution in [3.8, 4) is 5.75 Å². The van der Waals surface area contributed by atoms with Crippen LogP contribution >= 0.6 is 0 Å². The number of phenolic OH excluding ortho intramolecular Hbond substituents is 1. The summed E-state index contributed by atoms with van der Waals surface area (Å²) < 4.78 is 13.4. The molecule has 5 heteroatoms. The van der Waals surface area contributed by atoms with Gasteiger partial charge in [-0.05, 0) is 44.5 Å². The van der Waals surface area contributed by atoms with Crippen LogP contribution in [-0.2, 0) is 4.79 Å². The van der Waals surface area contributed by atoms with Gasteiger partial charge in [-0.1, -0.05) is 12.8 Å². The van der Waals surface area contributed by atoms with Crippen LogP contribution in [0.5, 0.6) is 5.75 Å². The lowest BCUT2D eigenvalue weighted by molar-refractivity contribution is -0.144. The van der Waals surface area contributed by atoms with Gasteiger partial charge in [-0.3, -0.25) is 9.69 Å². The van der Waals surface area contributed by atoms with Gasteiger partial charge in [0.2, 0.25) is 0 Å². The first kappa shape index (κ1) is 14.8. The fraction of sp³-hybridized carbons (Fsp3) is 0.533. The molecule has 0 bridgehead atoms. The van der Waals surface area contributed by atoms with E-state index in [9.17, 15) is 19.4 Å². The molecule has 2 N–H and O–H groups in total. The number of aliphatic carboxylic acids is 1. The summed E-state index contributed by atoms with van der Waals surface area (Å²) in [7, 11) is 0. The molecule has 0 saturated carbocycles. The van der Waals surface area contributed by atoms with E-state index in [0.717, 1.165) is 19.3 Å². The number of phenols is 1. The summed E-state index contributed by atoms with van der Waals surface area (Å²) in [5.74, 6) is -1.27. The Labute approximate surface area is 117 Å². The summed E-state index contributed by atoms with van der Waals surface area (Å²) >= 11 is 0. The number of carbonyl (C=O) groups is 1. The van der Waals surface area contributed by atoms with Gasteiger partial charge in [0.1, 0.15) is 17.6 Å². The smallest absolute Gasteiger partial charge is 0.320 e. The van der Waals surface area contributed by atoms with E-state index in [1.165, 1.54) is 18.2 Å². The fourth-order valence-electron chi connectivity index (χ4n) is 2.90. The Morgan fingerprint density at radius 2 is 2.15 bits per heavy atom. The quantitative estimate of drug-likeness (QED) is 0.894. The number of carboxylic acid groups (broad SMARTS) is 1. The largest absolute Gasteiger partial charge is 0.508 e. The van der Waals surface area contributed by atoms with E-state index in [-0.39, 0.29) is 11.8 Å². The van der Waals surface area contributed by atoms with Gasteiger partial charge in [-0.2, -0.15) is 0 Å². The van der Waals surface area contributed by atoms with E-state index in [2.05, 4.69) is 0 Å². The van der Waals surface area contributed by atoms with Crippen molar-refractivity contribution < 1.29 is 19.4 Å². The van der Waals surface area contributed by atoms with Crippen molar-refractivity contribution in [2.75, 3.05) is 6.54 Å². The molecule has 1 heterocycles. The maximum Gasteiger partial charge on any atom is 0.320 e. The monoisotopic (exact) mass is 281 g/mol. The Morgan fingerprint density at radius 3 is 2.85 bits per heavy atom. The number of halogens is 1. The SMILES string of the molecule is CC(c1cc(F)ccc1O)N1CCCCCC1C(=O)O. The van der Waals surface area contributed by atoms with Gasteiger partial charge in [-0.15, -0.1) is 0 Å². The van der Waals surface area contributed by atoms with Crippen LogP contribution in [0.4, 0.5) is 4.39 Å². The second kappa shape index (κ2) is 6.22. The summed E-state index contributed by atoms with van der Waals surface area (Å²) in [5, 5.41) is 19.3. The molecule has 1 fully saturated rings. The first-order valence-corrected chi connectivity index (χ1v) is 6.97. The van der Waals surface area contributed by atoms with E-state index in [1.807, 2.05) is 11.8 Å². The van der Waals surface area contributed by atoms with Crippen LogP contribution in [0, 0.1) is 5.82 Å². The van der Waals surface area contributed by atoms with Crippen LogP contribution in [0.15, 0.2) is 18.2 Å². The first-order chi connectivity index (χ1) is 9.50. The second-order valence-electron chi connectivity index (χ2n) is 5.32. The predicted molar refractivity (Wildman–Crippen MR) is 73.1 cm³/mol. The highest BCUT2D eigenvalue weighted by atomic mass is 19.1. The number of hydrogen-bond acceptors (Lipinski definition) is 3. The van der Waals surface area contributed by atoms with Crippen LogP contribution in [0.1, 0.15) is 44.2 Å². The average molecular weight is 281 g/mol. The Kier molecular flexibility index (Phi) is 4.60. The minimum Gasteiger partial charge on any atom is -0.508 e.